The molecule has 8 heteroatoms. The SMILES string of the molecule is CN=C(NCCc1nc(C(F)(F)F)cs1)N1CCC2(CCCCC2)C1. The zero-order valence-electron chi connectivity index (χ0n) is 14.5. The molecule has 1 aromatic rings. The Hall–Kier alpha value is -1.31. The largest absolute Gasteiger partial charge is 0.434 e. The standard InChI is InChI=1S/C17H25F3N4S/c1-21-15(24-10-8-16(12-24)6-3-2-4-7-16)22-9-5-14-23-13(11-25-14)17(18,19)20/h11H,2-10,12H2,1H3,(H,21,22). The van der Waals surface area contributed by atoms with E-state index in [2.05, 4.69) is 20.2 Å². The Morgan fingerprint density at radius 2 is 2.08 bits per heavy atom. The number of likely N-dealkylation sites (tertiary alicyclic amines) is 1. The number of aromatic nitrogens is 1. The average molecular weight is 374 g/mol. The summed E-state index contributed by atoms with van der Waals surface area (Å²) in [6.45, 7) is 2.60. The van der Waals surface area contributed by atoms with Crippen molar-refractivity contribution >= 4 is 17.3 Å². The molecular weight excluding hydrogens is 349 g/mol. The van der Waals surface area contributed by atoms with Crippen molar-refractivity contribution in [2.45, 2.75) is 51.1 Å². The van der Waals surface area contributed by atoms with E-state index < -0.39 is 11.9 Å². The van der Waals surface area contributed by atoms with Crippen LogP contribution >= 0.6 is 11.3 Å². The third kappa shape index (κ3) is 4.46. The number of hydrogen-bond donors (Lipinski definition) is 1. The van der Waals surface area contributed by atoms with Gasteiger partial charge in [0, 0.05) is 38.5 Å². The lowest BCUT2D eigenvalue weighted by molar-refractivity contribution is -0.140. The molecule has 140 valence electrons. The van der Waals surface area contributed by atoms with Gasteiger partial charge in [0.2, 0.25) is 0 Å². The summed E-state index contributed by atoms with van der Waals surface area (Å²) in [7, 11) is 1.76. The second-order valence-corrected chi connectivity index (χ2v) is 8.02. The lowest BCUT2D eigenvalue weighted by Gasteiger charge is -2.33. The molecule has 3 rings (SSSR count). The van der Waals surface area contributed by atoms with E-state index in [1.807, 2.05) is 0 Å². The molecule has 2 heterocycles. The van der Waals surface area contributed by atoms with Gasteiger partial charge in [0.1, 0.15) is 0 Å². The number of halogens is 3. The van der Waals surface area contributed by atoms with E-state index >= 15 is 0 Å². The number of hydrogen-bond acceptors (Lipinski definition) is 3. The highest BCUT2D eigenvalue weighted by Crippen LogP contribution is 2.43. The van der Waals surface area contributed by atoms with Gasteiger partial charge in [-0.1, -0.05) is 19.3 Å². The van der Waals surface area contributed by atoms with Crippen molar-refractivity contribution in [1.29, 1.82) is 0 Å². The highest BCUT2D eigenvalue weighted by molar-refractivity contribution is 7.09. The lowest BCUT2D eigenvalue weighted by Crippen LogP contribution is -2.42. The summed E-state index contributed by atoms with van der Waals surface area (Å²) in [4.78, 5) is 10.3. The molecule has 0 atom stereocenters. The zero-order chi connectivity index (χ0) is 17.9. The molecule has 1 saturated heterocycles. The van der Waals surface area contributed by atoms with E-state index in [0.29, 0.717) is 23.4 Å². The van der Waals surface area contributed by atoms with Crippen LogP contribution in [0.3, 0.4) is 0 Å². The van der Waals surface area contributed by atoms with Crippen molar-refractivity contribution in [3.63, 3.8) is 0 Å². The van der Waals surface area contributed by atoms with Crippen molar-refractivity contribution in [2.75, 3.05) is 26.7 Å². The van der Waals surface area contributed by atoms with Crippen molar-refractivity contribution in [3.8, 4) is 0 Å². The minimum Gasteiger partial charge on any atom is -0.356 e. The van der Waals surface area contributed by atoms with Crippen molar-refractivity contribution in [2.24, 2.45) is 10.4 Å². The normalized spacial score (nSPS) is 21.1. The van der Waals surface area contributed by atoms with E-state index in [0.717, 1.165) is 35.8 Å². The Kier molecular flexibility index (Phi) is 5.55. The molecule has 1 N–H and O–H groups in total. The number of aliphatic imine (C=N–C) groups is 1. The fourth-order valence-corrected chi connectivity index (χ4v) is 4.80. The molecule has 1 spiro atoms. The molecule has 4 nitrogen and oxygen atoms in total. The quantitative estimate of drug-likeness (QED) is 0.644. The van der Waals surface area contributed by atoms with Crippen molar-refractivity contribution < 1.29 is 13.2 Å². The number of thiazole rings is 1. The molecule has 1 aromatic heterocycles. The molecule has 2 aliphatic rings. The lowest BCUT2D eigenvalue weighted by atomic mass is 9.73. The molecule has 0 amide bonds. The smallest absolute Gasteiger partial charge is 0.356 e. The van der Waals surface area contributed by atoms with Crippen LogP contribution in [-0.2, 0) is 12.6 Å². The van der Waals surface area contributed by atoms with Gasteiger partial charge < -0.3 is 10.2 Å². The van der Waals surface area contributed by atoms with E-state index in [9.17, 15) is 13.2 Å². The van der Waals surface area contributed by atoms with Crippen LogP contribution in [0.25, 0.3) is 0 Å². The van der Waals surface area contributed by atoms with Crippen LogP contribution in [0.2, 0.25) is 0 Å². The molecule has 0 unspecified atom stereocenters. The maximum absolute atomic E-state index is 12.6. The first-order valence-electron chi connectivity index (χ1n) is 8.89. The van der Waals surface area contributed by atoms with Crippen LogP contribution in [0.15, 0.2) is 10.4 Å². The number of nitrogens with zero attached hydrogens (tertiary/aromatic N) is 3. The Morgan fingerprint density at radius 3 is 2.72 bits per heavy atom. The Balaban J connectivity index is 1.49. The first-order chi connectivity index (χ1) is 11.9. The Bertz CT molecular complexity index is 605. The third-order valence-electron chi connectivity index (χ3n) is 5.33. The third-order valence-corrected chi connectivity index (χ3v) is 6.24. The van der Waals surface area contributed by atoms with E-state index in [-0.39, 0.29) is 0 Å². The summed E-state index contributed by atoms with van der Waals surface area (Å²) in [5.74, 6) is 0.857. The summed E-state index contributed by atoms with van der Waals surface area (Å²) in [5.41, 5.74) is -0.345. The van der Waals surface area contributed by atoms with Crippen molar-refractivity contribution in [3.05, 3.63) is 16.1 Å². The summed E-state index contributed by atoms with van der Waals surface area (Å²) < 4.78 is 37.8. The number of alkyl halides is 3. The van der Waals surface area contributed by atoms with E-state index in [1.165, 1.54) is 38.5 Å². The van der Waals surface area contributed by atoms with E-state index in [1.54, 1.807) is 7.05 Å². The van der Waals surface area contributed by atoms with Gasteiger partial charge in [-0.25, -0.2) is 4.98 Å². The highest BCUT2D eigenvalue weighted by Gasteiger charge is 2.39. The monoisotopic (exact) mass is 374 g/mol. The summed E-state index contributed by atoms with van der Waals surface area (Å²) in [6.07, 6.45) is 3.94. The van der Waals surface area contributed by atoms with Gasteiger partial charge in [0.25, 0.3) is 0 Å². The number of guanidine groups is 1. The molecule has 2 fully saturated rings. The minimum atomic E-state index is -4.36. The van der Waals surface area contributed by atoms with E-state index in [4.69, 9.17) is 0 Å². The predicted octanol–water partition coefficient (Wildman–Crippen LogP) is 3.94. The van der Waals surface area contributed by atoms with Crippen LogP contribution < -0.4 is 5.32 Å². The molecule has 1 saturated carbocycles. The summed E-state index contributed by atoms with van der Waals surface area (Å²) in [5, 5.41) is 4.87. The van der Waals surface area contributed by atoms with Crippen LogP contribution in [-0.4, -0.2) is 42.5 Å². The molecule has 1 aliphatic carbocycles. The van der Waals surface area contributed by atoms with Crippen LogP contribution in [0.4, 0.5) is 13.2 Å². The fraction of sp³-hybridized carbons (Fsp3) is 0.765. The van der Waals surface area contributed by atoms with Gasteiger partial charge in [0.05, 0.1) is 5.01 Å². The molecule has 0 bridgehead atoms. The average Bonchev–Trinajstić information content (AvgIpc) is 3.20. The maximum atomic E-state index is 12.6. The van der Waals surface area contributed by atoms with Gasteiger partial charge >= 0.3 is 6.18 Å². The maximum Gasteiger partial charge on any atom is 0.434 e. The predicted molar refractivity (Wildman–Crippen MR) is 93.9 cm³/mol. The topological polar surface area (TPSA) is 40.5 Å². The van der Waals surface area contributed by atoms with Crippen molar-refractivity contribution in [1.82, 2.24) is 15.2 Å². The molecular formula is C17H25F3N4S. The number of nitrogens with one attached hydrogen (secondary N) is 1. The molecule has 1 aliphatic heterocycles. The molecule has 0 aromatic carbocycles. The Morgan fingerprint density at radius 1 is 1.32 bits per heavy atom. The number of rotatable bonds is 3. The van der Waals surface area contributed by atoms with Gasteiger partial charge in [-0.3, -0.25) is 4.99 Å². The summed E-state index contributed by atoms with van der Waals surface area (Å²) in [6, 6.07) is 0. The van der Waals surface area contributed by atoms with Gasteiger partial charge in [-0.15, -0.1) is 11.3 Å². The first kappa shape index (κ1) is 18.5. The Labute approximate surface area is 150 Å². The van der Waals surface area contributed by atoms with Crippen LogP contribution in [0.5, 0.6) is 0 Å². The molecule has 25 heavy (non-hydrogen) atoms. The zero-order valence-corrected chi connectivity index (χ0v) is 15.3. The van der Waals surface area contributed by atoms with Crippen LogP contribution in [0, 0.1) is 5.41 Å². The minimum absolute atomic E-state index is 0.451. The van der Waals surface area contributed by atoms with Gasteiger partial charge in [-0.2, -0.15) is 13.2 Å². The second-order valence-electron chi connectivity index (χ2n) is 7.08. The summed E-state index contributed by atoms with van der Waals surface area (Å²) >= 11 is 1.06. The highest BCUT2D eigenvalue weighted by atomic mass is 32.1. The van der Waals surface area contributed by atoms with Crippen LogP contribution in [0.1, 0.15) is 49.2 Å². The first-order valence-corrected chi connectivity index (χ1v) is 9.77. The van der Waals surface area contributed by atoms with Gasteiger partial charge in [0.15, 0.2) is 11.7 Å². The molecule has 0 radical (unpaired) electrons. The van der Waals surface area contributed by atoms with Gasteiger partial charge in [-0.05, 0) is 24.7 Å². The fourth-order valence-electron chi connectivity index (χ4n) is 4.00. The second kappa shape index (κ2) is 7.51.